The second-order valence-electron chi connectivity index (χ2n) is 19.5. The Morgan fingerprint density at radius 1 is 0.329 bits per heavy atom. The van der Waals surface area contributed by atoms with Gasteiger partial charge in [0.05, 0.1) is 6.61 Å². The predicted molar refractivity (Wildman–Crippen MR) is 306 cm³/mol. The third kappa shape index (κ3) is 57.4. The van der Waals surface area contributed by atoms with E-state index in [1.54, 1.807) is 0 Å². The van der Waals surface area contributed by atoms with E-state index >= 15 is 0 Å². The van der Waals surface area contributed by atoms with Crippen molar-refractivity contribution in [3.05, 3.63) is 97.2 Å². The van der Waals surface area contributed by atoms with Gasteiger partial charge in [-0.15, -0.1) is 0 Å². The normalized spacial score (nSPS) is 12.9. The van der Waals surface area contributed by atoms with Gasteiger partial charge in [-0.2, -0.15) is 0 Å². The van der Waals surface area contributed by atoms with Gasteiger partial charge in [-0.05, 0) is 96.3 Å². The monoisotopic (exact) mass is 973 g/mol. The molecule has 0 saturated heterocycles. The number of unbranched alkanes of at least 4 members (excludes halogenated alkanes) is 27. The molecule has 0 bridgehead atoms. The molecule has 0 amide bonds. The molecular formula is C65H112O5. The van der Waals surface area contributed by atoms with E-state index in [4.69, 9.17) is 14.2 Å². The topological polar surface area (TPSA) is 61.8 Å². The van der Waals surface area contributed by atoms with Crippen LogP contribution in [0.2, 0.25) is 0 Å². The van der Waals surface area contributed by atoms with E-state index in [0.29, 0.717) is 19.4 Å². The van der Waals surface area contributed by atoms with Crippen LogP contribution in [0.4, 0.5) is 0 Å². The van der Waals surface area contributed by atoms with E-state index in [1.165, 1.54) is 141 Å². The summed E-state index contributed by atoms with van der Waals surface area (Å²) < 4.78 is 17.5. The minimum atomic E-state index is -0.568. The Bertz CT molecular complexity index is 1330. The number of hydrogen-bond acceptors (Lipinski definition) is 5. The summed E-state index contributed by atoms with van der Waals surface area (Å²) >= 11 is 0. The molecule has 0 spiro atoms. The molecule has 0 aromatic rings. The SMILES string of the molecule is CC/C=C\C/C=C\C/C=C\C/C=C\CCCCCCCCCOCC(COC(=O)CCCCCCCCCCCCCCCCCCCCC)OC(=O)CCCC/C=C\C/C=C\C/C=C\C/C=C\CC. The zero-order chi connectivity index (χ0) is 50.6. The van der Waals surface area contributed by atoms with Crippen molar-refractivity contribution < 1.29 is 23.8 Å². The van der Waals surface area contributed by atoms with Gasteiger partial charge in [0, 0.05) is 19.4 Å². The molecule has 0 rings (SSSR count). The first kappa shape index (κ1) is 66.8. The number of carbonyl (C=O) groups excluding carboxylic acids is 2. The molecule has 0 heterocycles. The molecule has 0 aromatic carbocycles. The molecule has 0 aromatic heterocycles. The van der Waals surface area contributed by atoms with Crippen LogP contribution in [0.15, 0.2) is 97.2 Å². The summed E-state index contributed by atoms with van der Waals surface area (Å²) in [4.78, 5) is 25.5. The Kier molecular flexibility index (Phi) is 57.4. The van der Waals surface area contributed by atoms with E-state index < -0.39 is 6.10 Å². The lowest BCUT2D eigenvalue weighted by Crippen LogP contribution is -2.30. The zero-order valence-electron chi connectivity index (χ0n) is 46.3. The molecule has 0 aliphatic rings. The highest BCUT2D eigenvalue weighted by atomic mass is 16.6. The van der Waals surface area contributed by atoms with Crippen molar-refractivity contribution in [2.75, 3.05) is 19.8 Å². The van der Waals surface area contributed by atoms with Crippen molar-refractivity contribution in [1.82, 2.24) is 0 Å². The lowest BCUT2D eigenvalue weighted by molar-refractivity contribution is -0.163. The molecule has 0 aliphatic carbocycles. The summed E-state index contributed by atoms with van der Waals surface area (Å²) in [6.45, 7) is 7.56. The molecule has 1 atom stereocenters. The van der Waals surface area contributed by atoms with Crippen LogP contribution in [0.25, 0.3) is 0 Å². The second kappa shape index (κ2) is 60.1. The smallest absolute Gasteiger partial charge is 0.306 e. The number of ether oxygens (including phenoxy) is 3. The van der Waals surface area contributed by atoms with Crippen molar-refractivity contribution in [3.63, 3.8) is 0 Å². The quantitative estimate of drug-likeness (QED) is 0.0345. The minimum absolute atomic E-state index is 0.0621. The van der Waals surface area contributed by atoms with Crippen molar-refractivity contribution in [3.8, 4) is 0 Å². The fourth-order valence-corrected chi connectivity index (χ4v) is 8.26. The summed E-state index contributed by atoms with van der Waals surface area (Å²) in [7, 11) is 0. The van der Waals surface area contributed by atoms with Crippen LogP contribution in [0.5, 0.6) is 0 Å². The van der Waals surface area contributed by atoms with Crippen LogP contribution < -0.4 is 0 Å². The third-order valence-electron chi connectivity index (χ3n) is 12.6. The van der Waals surface area contributed by atoms with Crippen molar-refractivity contribution in [2.45, 2.75) is 284 Å². The lowest BCUT2D eigenvalue weighted by Gasteiger charge is -2.18. The molecule has 1 unspecified atom stereocenters. The number of esters is 2. The highest BCUT2D eigenvalue weighted by Gasteiger charge is 2.17. The van der Waals surface area contributed by atoms with Crippen LogP contribution in [0.3, 0.4) is 0 Å². The molecule has 0 fully saturated rings. The van der Waals surface area contributed by atoms with Crippen molar-refractivity contribution >= 4 is 11.9 Å². The van der Waals surface area contributed by atoms with Gasteiger partial charge < -0.3 is 14.2 Å². The first-order chi connectivity index (χ1) is 34.6. The summed E-state index contributed by atoms with van der Waals surface area (Å²) in [5.74, 6) is -0.444. The predicted octanol–water partition coefficient (Wildman–Crippen LogP) is 20.6. The Hall–Kier alpha value is -3.18. The molecule has 0 aliphatic heterocycles. The van der Waals surface area contributed by atoms with Crippen molar-refractivity contribution in [2.24, 2.45) is 0 Å². The van der Waals surface area contributed by atoms with E-state index in [-0.39, 0.29) is 25.2 Å². The molecular weight excluding hydrogens is 861 g/mol. The zero-order valence-corrected chi connectivity index (χ0v) is 46.3. The first-order valence-electron chi connectivity index (χ1n) is 29.8. The van der Waals surface area contributed by atoms with E-state index in [0.717, 1.165) is 103 Å². The number of rotatable bonds is 54. The summed E-state index contributed by atoms with van der Waals surface area (Å²) in [6.07, 6.45) is 81.5. The number of allylic oxidation sites excluding steroid dienone is 16. The summed E-state index contributed by atoms with van der Waals surface area (Å²) in [5, 5.41) is 0. The summed E-state index contributed by atoms with van der Waals surface area (Å²) in [5.41, 5.74) is 0. The average molecular weight is 974 g/mol. The standard InChI is InChI=1S/C65H112O5/c1-4-7-10-13-16-19-22-25-28-30-32-34-36-39-42-45-48-51-54-57-60-68-61-63(70-65(67)59-56-53-50-47-44-41-37-27-24-21-18-15-12-9-6-3)62-69-64(66)58-55-52-49-46-43-40-38-35-33-31-29-26-23-20-17-14-11-8-5-2/h7,9-10,12,16,18-19,21,25,27-28,32,34,37,44,47,63H,4-6,8,11,13-15,17,20,22-24,26,29-31,33,35-36,38-43,45-46,48-62H2,1-3H3/b10-7-,12-9-,19-16-,21-18-,28-25-,34-32-,37-27-,47-44-. The number of carbonyl (C=O) groups is 2. The molecule has 5 heteroatoms. The second-order valence-corrected chi connectivity index (χ2v) is 19.5. The van der Waals surface area contributed by atoms with E-state index in [2.05, 4.69) is 118 Å². The van der Waals surface area contributed by atoms with E-state index in [9.17, 15) is 9.59 Å². The van der Waals surface area contributed by atoms with Crippen LogP contribution in [0.1, 0.15) is 278 Å². The van der Waals surface area contributed by atoms with Crippen molar-refractivity contribution in [1.29, 1.82) is 0 Å². The summed E-state index contributed by atoms with van der Waals surface area (Å²) in [6, 6.07) is 0. The molecule has 70 heavy (non-hydrogen) atoms. The van der Waals surface area contributed by atoms with Gasteiger partial charge in [-0.3, -0.25) is 9.59 Å². The highest BCUT2D eigenvalue weighted by molar-refractivity contribution is 5.70. The van der Waals surface area contributed by atoms with Gasteiger partial charge >= 0.3 is 11.9 Å². The first-order valence-corrected chi connectivity index (χ1v) is 29.8. The molecule has 0 N–H and O–H groups in total. The van der Waals surface area contributed by atoms with Gasteiger partial charge in [0.1, 0.15) is 6.61 Å². The van der Waals surface area contributed by atoms with Crippen LogP contribution in [-0.4, -0.2) is 37.9 Å². The van der Waals surface area contributed by atoms with Crippen LogP contribution >= 0.6 is 0 Å². The fourth-order valence-electron chi connectivity index (χ4n) is 8.26. The van der Waals surface area contributed by atoms with Gasteiger partial charge in [0.25, 0.3) is 0 Å². The minimum Gasteiger partial charge on any atom is -0.462 e. The largest absolute Gasteiger partial charge is 0.462 e. The van der Waals surface area contributed by atoms with Gasteiger partial charge in [0.2, 0.25) is 0 Å². The Balaban J connectivity index is 4.32. The van der Waals surface area contributed by atoms with Crippen LogP contribution in [-0.2, 0) is 23.8 Å². The highest BCUT2D eigenvalue weighted by Crippen LogP contribution is 2.16. The van der Waals surface area contributed by atoms with E-state index in [1.807, 2.05) is 0 Å². The fraction of sp³-hybridized carbons (Fsp3) is 0.723. The molecule has 0 radical (unpaired) electrons. The maximum absolute atomic E-state index is 12.9. The average Bonchev–Trinajstić information content (AvgIpc) is 3.36. The van der Waals surface area contributed by atoms with Crippen LogP contribution in [0, 0.1) is 0 Å². The Labute approximate surface area is 434 Å². The lowest BCUT2D eigenvalue weighted by atomic mass is 10.0. The number of hydrogen-bond donors (Lipinski definition) is 0. The molecule has 0 saturated carbocycles. The molecule has 5 nitrogen and oxygen atoms in total. The maximum atomic E-state index is 12.9. The third-order valence-corrected chi connectivity index (χ3v) is 12.6. The van der Waals surface area contributed by atoms with Gasteiger partial charge in [-0.25, -0.2) is 0 Å². The van der Waals surface area contributed by atoms with Gasteiger partial charge in [0.15, 0.2) is 6.10 Å². The van der Waals surface area contributed by atoms with Gasteiger partial charge in [-0.1, -0.05) is 266 Å². The molecule has 402 valence electrons. The Morgan fingerprint density at radius 2 is 0.643 bits per heavy atom. The maximum Gasteiger partial charge on any atom is 0.306 e. The Morgan fingerprint density at radius 3 is 1.06 bits per heavy atom.